The van der Waals surface area contributed by atoms with E-state index >= 15 is 0 Å². The van der Waals surface area contributed by atoms with Crippen LogP contribution in [0.15, 0.2) is 63.5 Å². The van der Waals surface area contributed by atoms with E-state index in [2.05, 4.69) is 20.0 Å². The van der Waals surface area contributed by atoms with Gasteiger partial charge < -0.3 is 15.4 Å². The van der Waals surface area contributed by atoms with Crippen LogP contribution in [0.1, 0.15) is 31.2 Å². The van der Waals surface area contributed by atoms with Crippen LogP contribution in [0.5, 0.6) is 0 Å². The highest BCUT2D eigenvalue weighted by molar-refractivity contribution is 7.91. The number of nitrogens with one attached hydrogen (secondary N) is 2. The third-order valence-electron chi connectivity index (χ3n) is 7.13. The summed E-state index contributed by atoms with van der Waals surface area (Å²) in [6, 6.07) is 9.77. The number of hydrogen-bond donors (Lipinski definition) is 2. The third kappa shape index (κ3) is 6.62. The Hall–Kier alpha value is -4.50. The van der Waals surface area contributed by atoms with Crippen molar-refractivity contribution in [2.24, 2.45) is 0 Å². The molecule has 0 saturated carbocycles. The normalized spacial score (nSPS) is 19.6. The minimum absolute atomic E-state index is 0.0634. The lowest BCUT2D eigenvalue weighted by Crippen LogP contribution is -2.64. The molecule has 43 heavy (non-hydrogen) atoms. The van der Waals surface area contributed by atoms with E-state index in [9.17, 15) is 27.6 Å². The summed E-state index contributed by atoms with van der Waals surface area (Å²) in [5.74, 6) is -2.56. The zero-order valence-corrected chi connectivity index (χ0v) is 24.3. The molecule has 1 aromatic carbocycles. The number of sulfonamides is 1. The first-order valence-corrected chi connectivity index (χ1v) is 15.7. The van der Waals surface area contributed by atoms with Gasteiger partial charge in [0.05, 0.1) is 4.88 Å². The van der Waals surface area contributed by atoms with E-state index in [-0.39, 0.29) is 36.4 Å². The fraction of sp³-hybridized carbons (Fsp3) is 0.333. The number of amides is 3. The molecular formula is C27H27N7O7S2. The highest BCUT2D eigenvalue weighted by atomic mass is 32.2. The molecule has 0 aliphatic carbocycles. The van der Waals surface area contributed by atoms with Crippen molar-refractivity contribution in [3.05, 3.63) is 65.9 Å². The summed E-state index contributed by atoms with van der Waals surface area (Å²) in [6.07, 6.45) is 2.47. The van der Waals surface area contributed by atoms with Gasteiger partial charge in [-0.3, -0.25) is 24.2 Å². The molecule has 224 valence electrons. The lowest BCUT2D eigenvalue weighted by molar-refractivity contribution is -0.176. The highest BCUT2D eigenvalue weighted by Gasteiger charge is 2.45. The molecule has 3 amide bonds. The van der Waals surface area contributed by atoms with Crippen molar-refractivity contribution < 1.29 is 36.9 Å². The molecule has 14 nitrogen and oxygen atoms in total. The number of fused-ring (bicyclic) bond motifs is 1. The second-order valence-corrected chi connectivity index (χ2v) is 13.0. The predicted octanol–water partition coefficient (Wildman–Crippen LogP) is 1.18. The Morgan fingerprint density at radius 3 is 2.67 bits per heavy atom. The van der Waals surface area contributed by atoms with Gasteiger partial charge in [-0.05, 0) is 37.0 Å². The molecule has 3 aromatic rings. The molecule has 3 atom stereocenters. The van der Waals surface area contributed by atoms with Gasteiger partial charge in [0.25, 0.3) is 21.7 Å². The minimum atomic E-state index is -4.19. The number of nitrogens with zero attached hydrogens (tertiary/aromatic N) is 5. The summed E-state index contributed by atoms with van der Waals surface area (Å²) >= 11 is 0.936. The monoisotopic (exact) mass is 625 g/mol. The first kappa shape index (κ1) is 30.0. The quantitative estimate of drug-likeness (QED) is 0.190. The summed E-state index contributed by atoms with van der Waals surface area (Å²) in [4.78, 5) is 56.5. The summed E-state index contributed by atoms with van der Waals surface area (Å²) in [6.45, 7) is 0.170. The predicted molar refractivity (Wildman–Crippen MR) is 152 cm³/mol. The Morgan fingerprint density at radius 2 is 1.95 bits per heavy atom. The maximum atomic E-state index is 13.8. The lowest BCUT2D eigenvalue weighted by atomic mass is 10.0. The Kier molecular flexibility index (Phi) is 8.92. The lowest BCUT2D eigenvalue weighted by Gasteiger charge is -2.43. The first-order chi connectivity index (χ1) is 20.7. The van der Waals surface area contributed by atoms with E-state index in [0.29, 0.717) is 23.2 Å². The highest BCUT2D eigenvalue weighted by Crippen LogP contribution is 2.31. The second-order valence-electron chi connectivity index (χ2n) is 9.97. The Bertz CT molecular complexity index is 1670. The van der Waals surface area contributed by atoms with E-state index in [1.165, 1.54) is 17.3 Å². The molecule has 2 unspecified atom stereocenters. The standard InChI is InChI=1S/C27H27N7O7S2/c28-29-16-22(35)20(15-17-5-2-1-3-6-17)30-26(37)21-7-4-13-33-24(36)10-8-19(27(38)34(21)33)32-43(39,40)25-11-9-23(42-25)18-12-14-41-31-18/h1-3,5-6,9,11-12,14,16,19-21,32H,4,7-8,10,13,15H2,(H,30,37)/t19?,20-,21?/m0/s1. The topological polar surface area (TPSA) is 195 Å². The van der Waals surface area contributed by atoms with E-state index in [1.54, 1.807) is 42.5 Å². The number of carbonyl (C=O) groups excluding carboxylic acids is 4. The van der Waals surface area contributed by atoms with Crippen LogP contribution in [-0.4, -0.2) is 82.8 Å². The summed E-state index contributed by atoms with van der Waals surface area (Å²) in [5.41, 5.74) is 10.1. The maximum Gasteiger partial charge on any atom is 0.325 e. The van der Waals surface area contributed by atoms with Crippen LogP contribution in [0.3, 0.4) is 0 Å². The molecule has 2 aliphatic rings. The zero-order valence-electron chi connectivity index (χ0n) is 22.7. The van der Waals surface area contributed by atoms with Crippen LogP contribution in [0.2, 0.25) is 0 Å². The summed E-state index contributed by atoms with van der Waals surface area (Å²) < 4.78 is 33.8. The average Bonchev–Trinajstić information content (AvgIpc) is 3.70. The van der Waals surface area contributed by atoms with Gasteiger partial charge in [0, 0.05) is 25.5 Å². The smallest absolute Gasteiger partial charge is 0.325 e. The number of ketones is 1. The van der Waals surface area contributed by atoms with Crippen LogP contribution in [0, 0.1) is 0 Å². The molecule has 16 heteroatoms. The van der Waals surface area contributed by atoms with Gasteiger partial charge in [-0.2, -0.15) is 9.51 Å². The third-order valence-corrected chi connectivity index (χ3v) is 10.2. The maximum absolute atomic E-state index is 13.8. The van der Waals surface area contributed by atoms with E-state index in [4.69, 9.17) is 10.1 Å². The van der Waals surface area contributed by atoms with Crippen molar-refractivity contribution in [3.8, 4) is 10.6 Å². The van der Waals surface area contributed by atoms with Crippen molar-refractivity contribution >= 4 is 51.1 Å². The van der Waals surface area contributed by atoms with Crippen LogP contribution in [-0.2, 0) is 35.6 Å². The van der Waals surface area contributed by atoms with E-state index in [0.717, 1.165) is 21.9 Å². The Balaban J connectivity index is 1.37. The molecule has 2 fully saturated rings. The van der Waals surface area contributed by atoms with Crippen molar-refractivity contribution in [3.63, 3.8) is 0 Å². The SMILES string of the molecule is [N-]=[N+]=CC(=O)[C@H](Cc1ccccc1)NC(=O)C1CCCN2C(=O)CCC(NS(=O)(=O)c3ccc(-c4ccon4)s3)C(=O)N12. The molecule has 5 rings (SSSR count). The molecule has 2 N–H and O–H groups in total. The van der Waals surface area contributed by atoms with Gasteiger partial charge in [-0.15, -0.1) is 11.3 Å². The van der Waals surface area contributed by atoms with Gasteiger partial charge in [0.1, 0.15) is 34.3 Å². The number of thiophene rings is 1. The number of benzene rings is 1. The van der Waals surface area contributed by atoms with Crippen LogP contribution >= 0.6 is 11.3 Å². The first-order valence-electron chi connectivity index (χ1n) is 13.4. The largest absolute Gasteiger partial charge is 0.364 e. The fourth-order valence-electron chi connectivity index (χ4n) is 5.06. The van der Waals surface area contributed by atoms with Crippen molar-refractivity contribution in [2.45, 2.75) is 54.4 Å². The van der Waals surface area contributed by atoms with Gasteiger partial charge >= 0.3 is 6.21 Å². The Morgan fingerprint density at radius 1 is 1.16 bits per heavy atom. The summed E-state index contributed by atoms with van der Waals surface area (Å²) in [7, 11) is -4.19. The van der Waals surface area contributed by atoms with Gasteiger partial charge in [0.2, 0.25) is 11.8 Å². The molecule has 0 spiro atoms. The van der Waals surface area contributed by atoms with Crippen LogP contribution < -0.4 is 10.0 Å². The van der Waals surface area contributed by atoms with Gasteiger partial charge in [-0.25, -0.2) is 13.4 Å². The molecule has 4 heterocycles. The van der Waals surface area contributed by atoms with Crippen molar-refractivity contribution in [1.82, 2.24) is 25.2 Å². The van der Waals surface area contributed by atoms with E-state index in [1.807, 2.05) is 0 Å². The number of aromatic nitrogens is 1. The molecule has 0 radical (unpaired) electrons. The fourth-order valence-corrected chi connectivity index (χ4v) is 7.56. The average molecular weight is 626 g/mol. The number of hydrogen-bond acceptors (Lipinski definition) is 9. The van der Waals surface area contributed by atoms with Gasteiger partial charge in [0.15, 0.2) is 0 Å². The molecule has 0 bridgehead atoms. The molecule has 2 aromatic heterocycles. The zero-order chi connectivity index (χ0) is 30.6. The number of carbonyl (C=O) groups is 4. The molecule has 2 saturated heterocycles. The minimum Gasteiger partial charge on any atom is -0.364 e. The van der Waals surface area contributed by atoms with Crippen molar-refractivity contribution in [1.29, 1.82) is 0 Å². The molecular weight excluding hydrogens is 598 g/mol. The molecule has 2 aliphatic heterocycles. The van der Waals surface area contributed by atoms with Crippen LogP contribution in [0.4, 0.5) is 0 Å². The second kappa shape index (κ2) is 12.8. The van der Waals surface area contributed by atoms with E-state index < -0.39 is 51.7 Å². The Labute approximate surface area is 250 Å². The number of Topliss-reactive ketones (excluding diaryl/α,β-unsaturated/α-hetero) is 1. The van der Waals surface area contributed by atoms with Crippen molar-refractivity contribution in [2.75, 3.05) is 6.54 Å². The van der Waals surface area contributed by atoms with Gasteiger partial charge in [-0.1, -0.05) is 35.5 Å². The number of rotatable bonds is 10. The number of hydrazine groups is 1. The summed E-state index contributed by atoms with van der Waals surface area (Å²) in [5, 5.41) is 8.64. The van der Waals surface area contributed by atoms with Crippen LogP contribution in [0.25, 0.3) is 16.1 Å².